The van der Waals surface area contributed by atoms with Crippen LogP contribution in [0.1, 0.15) is 98.8 Å². The van der Waals surface area contributed by atoms with Gasteiger partial charge in [0.05, 0.1) is 6.10 Å². The molecule has 0 radical (unpaired) electrons. The predicted octanol–water partition coefficient (Wildman–Crippen LogP) is 6.61. The highest BCUT2D eigenvalue weighted by atomic mass is 16.3. The summed E-state index contributed by atoms with van der Waals surface area (Å²) in [6.07, 6.45) is 14.5. The van der Waals surface area contributed by atoms with Crippen LogP contribution >= 0.6 is 0 Å². The molecule has 2 nitrogen and oxygen atoms in total. The Morgan fingerprint density at radius 2 is 1.55 bits per heavy atom. The number of aliphatic hydroxyl groups is 2. The second kappa shape index (κ2) is 6.84. The Morgan fingerprint density at radius 1 is 0.806 bits per heavy atom. The van der Waals surface area contributed by atoms with Gasteiger partial charge in [0.2, 0.25) is 0 Å². The Hall–Kier alpha value is -0.340. The molecule has 0 aromatic carbocycles. The van der Waals surface area contributed by atoms with Gasteiger partial charge < -0.3 is 10.2 Å². The molecule has 0 bridgehead atoms. The third kappa shape index (κ3) is 2.59. The van der Waals surface area contributed by atoms with E-state index in [4.69, 9.17) is 0 Å². The lowest BCUT2D eigenvalue weighted by Gasteiger charge is -2.73. The molecule has 0 amide bonds. The molecule has 5 fully saturated rings. The molecule has 2 N–H and O–H groups in total. The molecule has 4 unspecified atom stereocenters. The first-order valence-electron chi connectivity index (χ1n) is 13.4. The summed E-state index contributed by atoms with van der Waals surface area (Å²) in [5, 5.41) is 21.4. The zero-order valence-electron chi connectivity index (χ0n) is 20.9. The molecule has 0 heterocycles. The van der Waals surface area contributed by atoms with E-state index in [1.165, 1.54) is 57.8 Å². The lowest BCUT2D eigenvalue weighted by molar-refractivity contribution is -0.249. The highest BCUT2D eigenvalue weighted by molar-refractivity contribution is 5.20. The third-order valence-corrected chi connectivity index (χ3v) is 13.3. The van der Waals surface area contributed by atoms with Gasteiger partial charge in [-0.2, -0.15) is 0 Å². The minimum absolute atomic E-state index is 0.0318. The predicted molar refractivity (Wildman–Crippen MR) is 127 cm³/mol. The van der Waals surface area contributed by atoms with Gasteiger partial charge in [-0.25, -0.2) is 0 Å². The largest absolute Gasteiger partial charge is 0.396 e. The van der Waals surface area contributed by atoms with Crippen molar-refractivity contribution in [3.05, 3.63) is 12.7 Å². The first-order chi connectivity index (χ1) is 14.5. The number of fused-ring (bicyclic) bond motifs is 7. The zero-order valence-corrected chi connectivity index (χ0v) is 20.9. The topological polar surface area (TPSA) is 40.5 Å². The van der Waals surface area contributed by atoms with Gasteiger partial charge in [-0.05, 0) is 121 Å². The minimum Gasteiger partial charge on any atom is -0.396 e. The van der Waals surface area contributed by atoms with Gasteiger partial charge >= 0.3 is 0 Å². The van der Waals surface area contributed by atoms with Crippen LogP contribution in [0.25, 0.3) is 0 Å². The molecule has 2 heteroatoms. The molecule has 176 valence electrons. The Kier molecular flexibility index (Phi) is 4.96. The van der Waals surface area contributed by atoms with E-state index in [0.717, 1.165) is 18.3 Å². The van der Waals surface area contributed by atoms with Crippen molar-refractivity contribution in [3.63, 3.8) is 0 Å². The second-order valence-corrected chi connectivity index (χ2v) is 14.0. The molecule has 0 aromatic rings. The number of hydrogen-bond donors (Lipinski definition) is 2. The molecule has 0 aliphatic heterocycles. The van der Waals surface area contributed by atoms with Crippen molar-refractivity contribution >= 4 is 0 Å². The van der Waals surface area contributed by atoms with Gasteiger partial charge in [-0.1, -0.05) is 40.7 Å². The number of hydrogen-bond acceptors (Lipinski definition) is 2. The molecular formula is C29H48O2. The van der Waals surface area contributed by atoms with Crippen molar-refractivity contribution in [3.8, 4) is 0 Å². The summed E-state index contributed by atoms with van der Waals surface area (Å²) >= 11 is 0. The van der Waals surface area contributed by atoms with Gasteiger partial charge in [0, 0.05) is 6.61 Å². The normalized spacial score (nSPS) is 57.9. The first-order valence-corrected chi connectivity index (χ1v) is 13.4. The first kappa shape index (κ1) is 22.5. The maximum atomic E-state index is 10.9. The summed E-state index contributed by atoms with van der Waals surface area (Å²) in [5.41, 5.74) is 1.27. The van der Waals surface area contributed by atoms with Crippen LogP contribution in [0.4, 0.5) is 0 Å². The van der Waals surface area contributed by atoms with Crippen molar-refractivity contribution in [1.29, 1.82) is 0 Å². The average molecular weight is 429 g/mol. The maximum absolute atomic E-state index is 10.9. The second-order valence-electron chi connectivity index (χ2n) is 14.0. The summed E-state index contributed by atoms with van der Waals surface area (Å²) < 4.78 is 0. The van der Waals surface area contributed by atoms with Gasteiger partial charge in [-0.3, -0.25) is 0 Å². The van der Waals surface area contributed by atoms with Gasteiger partial charge in [0.1, 0.15) is 0 Å². The molecule has 5 saturated carbocycles. The third-order valence-electron chi connectivity index (χ3n) is 13.3. The van der Waals surface area contributed by atoms with Crippen LogP contribution in [0.15, 0.2) is 12.7 Å². The van der Waals surface area contributed by atoms with E-state index in [9.17, 15) is 10.2 Å². The van der Waals surface area contributed by atoms with E-state index in [1.807, 2.05) is 0 Å². The number of aliphatic hydroxyl groups excluding tert-OH is 2. The summed E-state index contributed by atoms with van der Waals surface area (Å²) in [4.78, 5) is 0. The van der Waals surface area contributed by atoms with E-state index >= 15 is 0 Å². The van der Waals surface area contributed by atoms with Gasteiger partial charge in [0.25, 0.3) is 0 Å². The Bertz CT molecular complexity index is 743. The Morgan fingerprint density at radius 3 is 2.23 bits per heavy atom. The molecule has 0 aromatic heterocycles. The van der Waals surface area contributed by atoms with Crippen LogP contribution in [0.2, 0.25) is 0 Å². The highest BCUT2D eigenvalue weighted by Gasteiger charge is 2.70. The molecule has 5 rings (SSSR count). The molecule has 5 aliphatic rings. The van der Waals surface area contributed by atoms with Crippen molar-refractivity contribution in [2.24, 2.45) is 56.7 Å². The van der Waals surface area contributed by atoms with E-state index in [1.54, 1.807) is 0 Å². The van der Waals surface area contributed by atoms with Crippen LogP contribution in [-0.2, 0) is 0 Å². The molecule has 31 heavy (non-hydrogen) atoms. The molecule has 5 aliphatic carbocycles. The minimum atomic E-state index is -0.145. The number of allylic oxidation sites excluding steroid dienone is 1. The van der Waals surface area contributed by atoms with E-state index in [0.29, 0.717) is 40.6 Å². The molecule has 10 atom stereocenters. The average Bonchev–Trinajstić information content (AvgIpc) is 3.11. The fourth-order valence-corrected chi connectivity index (χ4v) is 11.3. The van der Waals surface area contributed by atoms with Crippen molar-refractivity contribution in [2.45, 2.75) is 105 Å². The molecule has 0 saturated heterocycles. The summed E-state index contributed by atoms with van der Waals surface area (Å²) in [6.45, 7) is 17.3. The summed E-state index contributed by atoms with van der Waals surface area (Å²) in [5.74, 6) is 3.34. The zero-order chi connectivity index (χ0) is 22.4. The van der Waals surface area contributed by atoms with Gasteiger partial charge in [-0.15, -0.1) is 6.58 Å². The van der Waals surface area contributed by atoms with Gasteiger partial charge in [0.15, 0.2) is 0 Å². The molecular weight excluding hydrogens is 380 g/mol. The summed E-state index contributed by atoms with van der Waals surface area (Å²) in [6, 6.07) is 0. The summed E-state index contributed by atoms with van der Waals surface area (Å²) in [7, 11) is 0. The lowest BCUT2D eigenvalue weighted by Crippen LogP contribution is -2.66. The van der Waals surface area contributed by atoms with Crippen molar-refractivity contribution < 1.29 is 10.2 Å². The smallest absolute Gasteiger partial charge is 0.0594 e. The Balaban J connectivity index is 1.54. The van der Waals surface area contributed by atoms with E-state index < -0.39 is 0 Å². The molecule has 0 spiro atoms. The van der Waals surface area contributed by atoms with Crippen LogP contribution in [0.5, 0.6) is 0 Å². The van der Waals surface area contributed by atoms with Crippen LogP contribution in [0.3, 0.4) is 0 Å². The highest BCUT2D eigenvalue weighted by Crippen LogP contribution is 2.77. The standard InChI is InChI=1S/C29H48O2/c1-7-19-10-15-29(18-30)17-16-27(5)20(24(19)29)8-9-22-26(4)13-12-23(31)25(2,3)21(26)11-14-28(22,27)6/h7,19-24,30-31H,1,8-18H2,2-6H3/t19-,20?,21?,22?,23+,24?,26+,27-,28-,29-/m1/s1. The monoisotopic (exact) mass is 428 g/mol. The van der Waals surface area contributed by atoms with Crippen molar-refractivity contribution in [2.75, 3.05) is 6.61 Å². The fraction of sp³-hybridized carbons (Fsp3) is 0.931. The lowest BCUT2D eigenvalue weighted by atomic mass is 9.32. The van der Waals surface area contributed by atoms with Crippen LogP contribution < -0.4 is 0 Å². The van der Waals surface area contributed by atoms with E-state index in [2.05, 4.69) is 47.3 Å². The quantitative estimate of drug-likeness (QED) is 0.486. The van der Waals surface area contributed by atoms with E-state index in [-0.39, 0.29) is 16.9 Å². The van der Waals surface area contributed by atoms with Crippen molar-refractivity contribution in [1.82, 2.24) is 0 Å². The maximum Gasteiger partial charge on any atom is 0.0594 e. The fourth-order valence-electron chi connectivity index (χ4n) is 11.3. The number of rotatable bonds is 2. The van der Waals surface area contributed by atoms with Crippen LogP contribution in [0, 0.1) is 56.7 Å². The van der Waals surface area contributed by atoms with Crippen LogP contribution in [-0.4, -0.2) is 22.9 Å². The Labute approximate surface area is 191 Å². The SMILES string of the molecule is C=C[C@@H]1CC[C@]2(CO)CC[C@]3(C)C(CCC4[C@@]5(C)CC[C@H](O)C(C)(C)C5CC[C@]43C)C12.